The van der Waals surface area contributed by atoms with E-state index in [9.17, 15) is 15.4 Å². The summed E-state index contributed by atoms with van der Waals surface area (Å²) in [6.07, 6.45) is 1.21. The average molecular weight is 294 g/mol. The van der Waals surface area contributed by atoms with E-state index < -0.39 is 0 Å². The SMILES string of the molecule is Cc1cc(-c2cc(-c3ccc(O)cc3)[n+]([O-])cn2)ccc1O. The van der Waals surface area contributed by atoms with Crippen LogP contribution in [-0.2, 0) is 0 Å². The van der Waals surface area contributed by atoms with Crippen molar-refractivity contribution in [1.29, 1.82) is 0 Å². The van der Waals surface area contributed by atoms with Crippen LogP contribution in [0.25, 0.3) is 22.5 Å². The Morgan fingerprint density at radius 2 is 1.64 bits per heavy atom. The molecule has 0 amide bonds. The van der Waals surface area contributed by atoms with Gasteiger partial charge >= 0.3 is 0 Å². The number of aromatic hydroxyl groups is 2. The smallest absolute Gasteiger partial charge is 0.290 e. The zero-order chi connectivity index (χ0) is 15.7. The van der Waals surface area contributed by atoms with Crippen LogP contribution in [0.5, 0.6) is 11.5 Å². The topological polar surface area (TPSA) is 80.3 Å². The van der Waals surface area contributed by atoms with Crippen molar-refractivity contribution in [3.63, 3.8) is 0 Å². The number of hydrogen-bond donors (Lipinski definition) is 2. The second-order valence-corrected chi connectivity index (χ2v) is 5.03. The third-order valence-corrected chi connectivity index (χ3v) is 3.47. The van der Waals surface area contributed by atoms with Crippen molar-refractivity contribution in [1.82, 2.24) is 4.98 Å². The highest BCUT2D eigenvalue weighted by molar-refractivity contribution is 5.67. The Labute approximate surface area is 127 Å². The molecule has 0 atom stereocenters. The van der Waals surface area contributed by atoms with Gasteiger partial charge in [0, 0.05) is 17.2 Å². The minimum atomic E-state index is 0.143. The Bertz CT molecular complexity index is 830. The van der Waals surface area contributed by atoms with Crippen LogP contribution < -0.4 is 4.73 Å². The molecule has 0 unspecified atom stereocenters. The van der Waals surface area contributed by atoms with Gasteiger partial charge in [0.15, 0.2) is 5.69 Å². The van der Waals surface area contributed by atoms with E-state index in [2.05, 4.69) is 4.98 Å². The van der Waals surface area contributed by atoms with Gasteiger partial charge in [-0.15, -0.1) is 0 Å². The van der Waals surface area contributed by atoms with Crippen LogP contribution in [-0.4, -0.2) is 15.2 Å². The summed E-state index contributed by atoms with van der Waals surface area (Å²) in [6, 6.07) is 13.2. The highest BCUT2D eigenvalue weighted by Crippen LogP contribution is 2.26. The molecule has 3 rings (SSSR count). The maximum absolute atomic E-state index is 12.0. The fourth-order valence-electron chi connectivity index (χ4n) is 2.22. The third-order valence-electron chi connectivity index (χ3n) is 3.47. The van der Waals surface area contributed by atoms with Gasteiger partial charge in [0.2, 0.25) is 0 Å². The van der Waals surface area contributed by atoms with E-state index in [4.69, 9.17) is 0 Å². The largest absolute Gasteiger partial charge is 0.710 e. The van der Waals surface area contributed by atoms with Crippen molar-refractivity contribution in [3.05, 3.63) is 65.6 Å². The van der Waals surface area contributed by atoms with Crippen LogP contribution in [0.3, 0.4) is 0 Å². The molecular formula is C17H14N2O3. The second kappa shape index (κ2) is 5.37. The molecule has 0 saturated carbocycles. The van der Waals surface area contributed by atoms with E-state index >= 15 is 0 Å². The van der Waals surface area contributed by atoms with E-state index in [1.54, 1.807) is 37.3 Å². The van der Waals surface area contributed by atoms with Gasteiger partial charge < -0.3 is 15.4 Å². The van der Waals surface area contributed by atoms with Gasteiger partial charge in [0.1, 0.15) is 17.2 Å². The summed E-state index contributed by atoms with van der Waals surface area (Å²) in [5.41, 5.74) is 3.32. The minimum Gasteiger partial charge on any atom is -0.710 e. The molecule has 22 heavy (non-hydrogen) atoms. The van der Waals surface area contributed by atoms with Crippen LogP contribution in [0.2, 0.25) is 0 Å². The summed E-state index contributed by atoms with van der Waals surface area (Å²) in [6.45, 7) is 1.80. The van der Waals surface area contributed by atoms with E-state index in [-0.39, 0.29) is 11.5 Å². The first-order valence-electron chi connectivity index (χ1n) is 6.73. The molecule has 1 aromatic heterocycles. The summed E-state index contributed by atoms with van der Waals surface area (Å²) >= 11 is 0. The Morgan fingerprint density at radius 3 is 2.32 bits per heavy atom. The first-order valence-corrected chi connectivity index (χ1v) is 6.73. The molecule has 2 N–H and O–H groups in total. The lowest BCUT2D eigenvalue weighted by molar-refractivity contribution is -0.597. The maximum Gasteiger partial charge on any atom is 0.290 e. The molecular weight excluding hydrogens is 280 g/mol. The average Bonchev–Trinajstić information content (AvgIpc) is 2.52. The van der Waals surface area contributed by atoms with Crippen LogP contribution in [0.15, 0.2) is 54.9 Å². The summed E-state index contributed by atoms with van der Waals surface area (Å²) in [7, 11) is 0. The summed E-state index contributed by atoms with van der Waals surface area (Å²) in [5, 5.41) is 30.9. The van der Waals surface area contributed by atoms with Crippen molar-refractivity contribution in [2.45, 2.75) is 6.92 Å². The lowest BCUT2D eigenvalue weighted by atomic mass is 10.1. The van der Waals surface area contributed by atoms with Crippen LogP contribution in [0, 0.1) is 12.1 Å². The van der Waals surface area contributed by atoms with Crippen LogP contribution in [0.4, 0.5) is 0 Å². The predicted octanol–water partition coefficient (Wildman–Crippen LogP) is 2.77. The molecule has 0 bridgehead atoms. The van der Waals surface area contributed by atoms with Crippen molar-refractivity contribution in [2.75, 3.05) is 0 Å². The predicted molar refractivity (Wildman–Crippen MR) is 82.1 cm³/mol. The van der Waals surface area contributed by atoms with Gasteiger partial charge in [-0.3, -0.25) is 0 Å². The van der Waals surface area contributed by atoms with E-state index in [0.717, 1.165) is 11.1 Å². The van der Waals surface area contributed by atoms with E-state index in [0.29, 0.717) is 21.7 Å². The van der Waals surface area contributed by atoms with Crippen LogP contribution in [0.1, 0.15) is 5.56 Å². The van der Waals surface area contributed by atoms with E-state index in [1.807, 2.05) is 6.07 Å². The molecule has 1 heterocycles. The number of hydrogen-bond acceptors (Lipinski definition) is 4. The molecule has 0 radical (unpaired) electrons. The number of aryl methyl sites for hydroxylation is 1. The van der Waals surface area contributed by atoms with Gasteiger partial charge in [0.05, 0.1) is 0 Å². The third kappa shape index (κ3) is 2.56. The van der Waals surface area contributed by atoms with Crippen molar-refractivity contribution in [2.24, 2.45) is 0 Å². The lowest BCUT2D eigenvalue weighted by Gasteiger charge is -2.09. The zero-order valence-electron chi connectivity index (χ0n) is 11.9. The van der Waals surface area contributed by atoms with Crippen molar-refractivity contribution < 1.29 is 14.9 Å². The van der Waals surface area contributed by atoms with Crippen molar-refractivity contribution in [3.8, 4) is 34.0 Å². The summed E-state index contributed by atoms with van der Waals surface area (Å²) < 4.78 is 0.684. The van der Waals surface area contributed by atoms with Crippen LogP contribution >= 0.6 is 0 Å². The second-order valence-electron chi connectivity index (χ2n) is 5.03. The first kappa shape index (κ1) is 13.9. The molecule has 5 nitrogen and oxygen atoms in total. The number of aromatic nitrogens is 2. The molecule has 3 aromatic rings. The summed E-state index contributed by atoms with van der Waals surface area (Å²) in [5.74, 6) is 0.363. The number of phenolic OH excluding ortho intramolecular Hbond substituents is 2. The number of benzene rings is 2. The van der Waals surface area contributed by atoms with Gasteiger partial charge in [-0.1, -0.05) is 0 Å². The Kier molecular flexibility index (Phi) is 3.39. The number of phenols is 2. The standard InChI is InChI=1S/C17H14N2O3/c1-11-8-13(4-7-17(11)21)15-9-16(19(22)10-18-15)12-2-5-14(20)6-3-12/h2-10,20-21H,1H3. The molecule has 0 aliphatic rings. The fourth-order valence-corrected chi connectivity index (χ4v) is 2.22. The van der Waals surface area contributed by atoms with Gasteiger partial charge in [-0.2, -0.15) is 0 Å². The normalized spacial score (nSPS) is 10.6. The molecule has 5 heteroatoms. The van der Waals surface area contributed by atoms with Gasteiger partial charge in [-0.05, 0) is 59.9 Å². The molecule has 0 saturated heterocycles. The maximum atomic E-state index is 12.0. The monoisotopic (exact) mass is 294 g/mol. The number of nitrogens with zero attached hydrogens (tertiary/aromatic N) is 2. The molecule has 0 fully saturated rings. The Hall–Kier alpha value is -3.08. The number of rotatable bonds is 2. The molecule has 2 aromatic carbocycles. The highest BCUT2D eigenvalue weighted by Gasteiger charge is 2.12. The minimum absolute atomic E-state index is 0.143. The fraction of sp³-hybridized carbons (Fsp3) is 0.0588. The van der Waals surface area contributed by atoms with Gasteiger partial charge in [0.25, 0.3) is 6.33 Å². The molecule has 0 spiro atoms. The zero-order valence-corrected chi connectivity index (χ0v) is 11.9. The quantitative estimate of drug-likeness (QED) is 0.562. The molecule has 0 aliphatic heterocycles. The van der Waals surface area contributed by atoms with E-state index in [1.165, 1.54) is 18.5 Å². The summed E-state index contributed by atoms with van der Waals surface area (Å²) in [4.78, 5) is 4.14. The first-order chi connectivity index (χ1) is 10.5. The lowest BCUT2D eigenvalue weighted by Crippen LogP contribution is -2.29. The Balaban J connectivity index is 2.09. The van der Waals surface area contributed by atoms with Gasteiger partial charge in [-0.25, -0.2) is 4.73 Å². The van der Waals surface area contributed by atoms with Crippen molar-refractivity contribution >= 4 is 0 Å². The molecule has 110 valence electrons. The Morgan fingerprint density at radius 1 is 0.955 bits per heavy atom. The molecule has 0 aliphatic carbocycles. The highest BCUT2D eigenvalue weighted by atomic mass is 16.5.